The van der Waals surface area contributed by atoms with E-state index in [-0.39, 0.29) is 12.5 Å². The molecule has 0 unspecified atom stereocenters. The van der Waals surface area contributed by atoms with Crippen molar-refractivity contribution in [2.24, 2.45) is 5.92 Å². The molecule has 1 amide bonds. The normalized spacial score (nSPS) is 23.1. The SMILES string of the molecule is Cc1ccccc1[C@H]1CCN(C(=O)O)C[C@H]1C(=O)O. The molecule has 5 heteroatoms. The van der Waals surface area contributed by atoms with Gasteiger partial charge in [-0.3, -0.25) is 4.79 Å². The molecule has 1 saturated heterocycles. The second-order valence-corrected chi connectivity index (χ2v) is 4.93. The molecule has 2 N–H and O–H groups in total. The minimum atomic E-state index is -1.05. The van der Waals surface area contributed by atoms with Crippen molar-refractivity contribution in [2.45, 2.75) is 19.3 Å². The van der Waals surface area contributed by atoms with Crippen molar-refractivity contribution in [1.29, 1.82) is 0 Å². The number of likely N-dealkylation sites (tertiary alicyclic amines) is 1. The molecule has 0 radical (unpaired) electrons. The molecule has 1 aromatic rings. The average molecular weight is 263 g/mol. The summed E-state index contributed by atoms with van der Waals surface area (Å²) in [6, 6.07) is 7.70. The van der Waals surface area contributed by atoms with Crippen molar-refractivity contribution in [3.05, 3.63) is 35.4 Å². The van der Waals surface area contributed by atoms with Crippen LogP contribution >= 0.6 is 0 Å². The van der Waals surface area contributed by atoms with Gasteiger partial charge >= 0.3 is 12.1 Å². The van der Waals surface area contributed by atoms with E-state index in [4.69, 9.17) is 5.11 Å². The van der Waals surface area contributed by atoms with Crippen molar-refractivity contribution >= 4 is 12.1 Å². The van der Waals surface area contributed by atoms with Gasteiger partial charge in [-0.25, -0.2) is 4.79 Å². The van der Waals surface area contributed by atoms with E-state index >= 15 is 0 Å². The van der Waals surface area contributed by atoms with E-state index in [0.29, 0.717) is 13.0 Å². The first-order valence-corrected chi connectivity index (χ1v) is 6.27. The number of hydrogen-bond acceptors (Lipinski definition) is 2. The van der Waals surface area contributed by atoms with Gasteiger partial charge in [0.15, 0.2) is 0 Å². The van der Waals surface area contributed by atoms with Gasteiger partial charge in [0.1, 0.15) is 0 Å². The Morgan fingerprint density at radius 3 is 2.53 bits per heavy atom. The van der Waals surface area contributed by atoms with Gasteiger partial charge < -0.3 is 15.1 Å². The number of benzene rings is 1. The van der Waals surface area contributed by atoms with E-state index in [9.17, 15) is 14.7 Å². The number of aryl methyl sites for hydroxylation is 1. The summed E-state index contributed by atoms with van der Waals surface area (Å²) in [4.78, 5) is 23.6. The summed E-state index contributed by atoms with van der Waals surface area (Å²) < 4.78 is 0. The van der Waals surface area contributed by atoms with Crippen molar-refractivity contribution in [1.82, 2.24) is 4.90 Å². The van der Waals surface area contributed by atoms with Crippen LogP contribution in [0.1, 0.15) is 23.5 Å². The molecule has 2 atom stereocenters. The van der Waals surface area contributed by atoms with Gasteiger partial charge in [0, 0.05) is 19.0 Å². The molecular formula is C14H17NO4. The second-order valence-electron chi connectivity index (χ2n) is 4.93. The molecule has 2 rings (SSSR count). The largest absolute Gasteiger partial charge is 0.481 e. The van der Waals surface area contributed by atoms with Crippen LogP contribution in [-0.4, -0.2) is 40.3 Å². The Hall–Kier alpha value is -2.04. The minimum absolute atomic E-state index is 0.0592. The van der Waals surface area contributed by atoms with Gasteiger partial charge in [0.2, 0.25) is 0 Å². The van der Waals surface area contributed by atoms with Crippen LogP contribution in [0.4, 0.5) is 4.79 Å². The lowest BCUT2D eigenvalue weighted by molar-refractivity contribution is -0.144. The van der Waals surface area contributed by atoms with Crippen molar-refractivity contribution in [3.63, 3.8) is 0 Å². The van der Waals surface area contributed by atoms with Crippen LogP contribution in [0.3, 0.4) is 0 Å². The standard InChI is InChI=1S/C14H17NO4/c1-9-4-2-3-5-10(9)11-6-7-15(14(18)19)8-12(11)13(16)17/h2-5,11-12H,6-8H2,1H3,(H,16,17)(H,18,19)/t11-,12-/m1/s1. The number of amides is 1. The number of piperidine rings is 1. The van der Waals surface area contributed by atoms with E-state index in [1.54, 1.807) is 0 Å². The highest BCUT2D eigenvalue weighted by Gasteiger charge is 2.37. The topological polar surface area (TPSA) is 77.8 Å². The Morgan fingerprint density at radius 1 is 1.26 bits per heavy atom. The molecule has 0 bridgehead atoms. The Labute approximate surface area is 111 Å². The molecule has 1 aliphatic rings. The Kier molecular flexibility index (Phi) is 3.74. The van der Waals surface area contributed by atoms with Gasteiger partial charge in [0.25, 0.3) is 0 Å². The van der Waals surface area contributed by atoms with Crippen LogP contribution in [0.5, 0.6) is 0 Å². The van der Waals surface area contributed by atoms with E-state index in [0.717, 1.165) is 11.1 Å². The van der Waals surface area contributed by atoms with Crippen LogP contribution in [0, 0.1) is 12.8 Å². The van der Waals surface area contributed by atoms with Gasteiger partial charge in [-0.1, -0.05) is 24.3 Å². The molecule has 0 saturated carbocycles. The first-order chi connectivity index (χ1) is 9.00. The lowest BCUT2D eigenvalue weighted by atomic mass is 9.79. The van der Waals surface area contributed by atoms with Crippen LogP contribution < -0.4 is 0 Å². The molecule has 1 fully saturated rings. The van der Waals surface area contributed by atoms with Gasteiger partial charge in [0.05, 0.1) is 5.92 Å². The molecule has 5 nitrogen and oxygen atoms in total. The van der Waals surface area contributed by atoms with Gasteiger partial charge in [-0.2, -0.15) is 0 Å². The predicted octanol–water partition coefficient (Wildman–Crippen LogP) is 2.16. The van der Waals surface area contributed by atoms with Crippen LogP contribution in [-0.2, 0) is 4.79 Å². The number of hydrogen-bond donors (Lipinski definition) is 2. The summed E-state index contributed by atoms with van der Waals surface area (Å²) in [5.41, 5.74) is 2.07. The molecule has 19 heavy (non-hydrogen) atoms. The summed E-state index contributed by atoms with van der Waals surface area (Å²) in [6.45, 7) is 2.40. The van der Waals surface area contributed by atoms with E-state index < -0.39 is 18.0 Å². The van der Waals surface area contributed by atoms with Crippen LogP contribution in [0.15, 0.2) is 24.3 Å². The summed E-state index contributed by atoms with van der Waals surface area (Å²) in [5.74, 6) is -1.72. The summed E-state index contributed by atoms with van der Waals surface area (Å²) in [5, 5.41) is 18.3. The van der Waals surface area contributed by atoms with Crippen LogP contribution in [0.25, 0.3) is 0 Å². The van der Waals surface area contributed by atoms with Gasteiger partial charge in [-0.15, -0.1) is 0 Å². The lowest BCUT2D eigenvalue weighted by Gasteiger charge is -2.35. The highest BCUT2D eigenvalue weighted by atomic mass is 16.4. The summed E-state index contributed by atoms with van der Waals surface area (Å²) in [6.07, 6.45) is -0.497. The minimum Gasteiger partial charge on any atom is -0.481 e. The Bertz CT molecular complexity index is 500. The number of aliphatic carboxylic acids is 1. The summed E-state index contributed by atoms with van der Waals surface area (Å²) in [7, 11) is 0. The monoisotopic (exact) mass is 263 g/mol. The average Bonchev–Trinajstić information content (AvgIpc) is 2.38. The number of nitrogens with zero attached hydrogens (tertiary/aromatic N) is 1. The van der Waals surface area contributed by atoms with Crippen molar-refractivity contribution in [3.8, 4) is 0 Å². The first-order valence-electron chi connectivity index (χ1n) is 6.27. The molecule has 1 heterocycles. The summed E-state index contributed by atoms with van der Waals surface area (Å²) >= 11 is 0. The first kappa shape index (κ1) is 13.4. The zero-order chi connectivity index (χ0) is 14.0. The fourth-order valence-corrected chi connectivity index (χ4v) is 2.75. The third-order valence-corrected chi connectivity index (χ3v) is 3.79. The maximum absolute atomic E-state index is 11.4. The molecule has 1 aliphatic heterocycles. The molecule has 0 aliphatic carbocycles. The number of carboxylic acids is 1. The quantitative estimate of drug-likeness (QED) is 0.857. The predicted molar refractivity (Wildman–Crippen MR) is 69.3 cm³/mol. The third-order valence-electron chi connectivity index (χ3n) is 3.79. The number of rotatable bonds is 2. The van der Waals surface area contributed by atoms with E-state index in [1.165, 1.54) is 4.90 Å². The molecule has 0 spiro atoms. The lowest BCUT2D eigenvalue weighted by Crippen LogP contribution is -2.45. The fraction of sp³-hybridized carbons (Fsp3) is 0.429. The smallest absolute Gasteiger partial charge is 0.407 e. The van der Waals surface area contributed by atoms with E-state index in [2.05, 4.69) is 0 Å². The maximum atomic E-state index is 11.4. The van der Waals surface area contributed by atoms with Crippen molar-refractivity contribution < 1.29 is 19.8 Å². The van der Waals surface area contributed by atoms with Crippen molar-refractivity contribution in [2.75, 3.05) is 13.1 Å². The van der Waals surface area contributed by atoms with Crippen LogP contribution in [0.2, 0.25) is 0 Å². The second kappa shape index (κ2) is 5.30. The Balaban J connectivity index is 2.28. The zero-order valence-electron chi connectivity index (χ0n) is 10.7. The van der Waals surface area contributed by atoms with E-state index in [1.807, 2.05) is 31.2 Å². The third kappa shape index (κ3) is 2.70. The number of carbonyl (C=O) groups is 2. The highest BCUT2D eigenvalue weighted by molar-refractivity contribution is 5.74. The Morgan fingerprint density at radius 2 is 1.95 bits per heavy atom. The fourth-order valence-electron chi connectivity index (χ4n) is 2.75. The molecule has 102 valence electrons. The van der Waals surface area contributed by atoms with Gasteiger partial charge in [-0.05, 0) is 24.5 Å². The molecule has 0 aromatic heterocycles. The maximum Gasteiger partial charge on any atom is 0.407 e. The zero-order valence-corrected chi connectivity index (χ0v) is 10.7. The number of carboxylic acid groups (broad SMARTS) is 2. The highest BCUT2D eigenvalue weighted by Crippen LogP contribution is 2.34. The molecule has 1 aromatic carbocycles. The molecular weight excluding hydrogens is 246 g/mol.